The first-order chi connectivity index (χ1) is 6.82. The molecule has 0 aromatic heterocycles. The Balaban J connectivity index is 2.88. The Bertz CT molecular complexity index is 266. The van der Waals surface area contributed by atoms with Crippen molar-refractivity contribution < 1.29 is 5.21 Å². The average molecular weight is 209 g/mol. The highest BCUT2D eigenvalue weighted by molar-refractivity contribution is 5.09. The Morgan fingerprint density at radius 2 is 1.93 bits per heavy atom. The van der Waals surface area contributed by atoms with Crippen LogP contribution in [0.15, 0.2) is 24.8 Å². The van der Waals surface area contributed by atoms with Gasteiger partial charge in [0.1, 0.15) is 0 Å². The molecule has 0 aromatic carbocycles. The van der Waals surface area contributed by atoms with Crippen molar-refractivity contribution in [3.63, 3.8) is 0 Å². The zero-order chi connectivity index (χ0) is 11.7. The van der Waals surface area contributed by atoms with E-state index in [1.165, 1.54) is 5.06 Å². The summed E-state index contributed by atoms with van der Waals surface area (Å²) in [6, 6.07) is 0. The van der Waals surface area contributed by atoms with Crippen LogP contribution in [0.4, 0.5) is 0 Å². The highest BCUT2D eigenvalue weighted by atomic mass is 16.5. The quantitative estimate of drug-likeness (QED) is 0.705. The molecular formula is C13H23NO. The van der Waals surface area contributed by atoms with E-state index in [1.54, 1.807) is 6.08 Å². The summed E-state index contributed by atoms with van der Waals surface area (Å²) in [5, 5.41) is 11.7. The second kappa shape index (κ2) is 4.11. The van der Waals surface area contributed by atoms with Crippen LogP contribution in [0, 0.1) is 5.92 Å². The van der Waals surface area contributed by atoms with Crippen molar-refractivity contribution in [1.82, 2.24) is 5.06 Å². The van der Waals surface area contributed by atoms with Gasteiger partial charge in [0.05, 0.1) is 0 Å². The maximum absolute atomic E-state index is 10.2. The predicted octanol–water partition coefficient (Wildman–Crippen LogP) is 3.39. The van der Waals surface area contributed by atoms with E-state index in [1.807, 2.05) is 6.08 Å². The van der Waals surface area contributed by atoms with Gasteiger partial charge in [-0.05, 0) is 46.5 Å². The van der Waals surface area contributed by atoms with Crippen LogP contribution in [0.2, 0.25) is 0 Å². The van der Waals surface area contributed by atoms with E-state index < -0.39 is 0 Å². The first kappa shape index (κ1) is 12.5. The first-order valence-corrected chi connectivity index (χ1v) is 5.61. The van der Waals surface area contributed by atoms with Crippen LogP contribution in [-0.4, -0.2) is 21.3 Å². The largest absolute Gasteiger partial charge is 0.313 e. The van der Waals surface area contributed by atoms with Gasteiger partial charge in [-0.1, -0.05) is 24.8 Å². The van der Waals surface area contributed by atoms with Crippen molar-refractivity contribution >= 4 is 0 Å². The van der Waals surface area contributed by atoms with Gasteiger partial charge in [0, 0.05) is 11.1 Å². The number of rotatable bonds is 2. The van der Waals surface area contributed by atoms with Crippen LogP contribution in [0.25, 0.3) is 0 Å². The molecule has 1 N–H and O–H groups in total. The zero-order valence-electron chi connectivity index (χ0n) is 10.3. The standard InChI is InChI=1S/C13H23NO/c1-6-7-8-11-9-10-12(2,3)14(15)13(11,4)5/h6-8,11,15H,1,9-10H2,2-5H3. The van der Waals surface area contributed by atoms with E-state index in [4.69, 9.17) is 0 Å². The fourth-order valence-corrected chi connectivity index (χ4v) is 2.45. The molecule has 0 radical (unpaired) electrons. The smallest absolute Gasteiger partial charge is 0.0472 e. The Morgan fingerprint density at radius 1 is 1.33 bits per heavy atom. The third kappa shape index (κ3) is 2.32. The van der Waals surface area contributed by atoms with E-state index in [9.17, 15) is 5.21 Å². The molecule has 2 heteroatoms. The summed E-state index contributed by atoms with van der Waals surface area (Å²) in [6.07, 6.45) is 8.03. The third-order valence-electron chi connectivity index (χ3n) is 3.57. The molecule has 0 aliphatic carbocycles. The summed E-state index contributed by atoms with van der Waals surface area (Å²) < 4.78 is 0. The minimum absolute atomic E-state index is 0.123. The van der Waals surface area contributed by atoms with Gasteiger partial charge in [-0.2, -0.15) is 5.06 Å². The number of hydroxylamine groups is 2. The van der Waals surface area contributed by atoms with Gasteiger partial charge in [0.2, 0.25) is 0 Å². The molecule has 2 nitrogen and oxygen atoms in total. The highest BCUT2D eigenvalue weighted by Crippen LogP contribution is 2.41. The van der Waals surface area contributed by atoms with Gasteiger partial charge < -0.3 is 5.21 Å². The normalized spacial score (nSPS) is 30.6. The van der Waals surface area contributed by atoms with Crippen LogP contribution < -0.4 is 0 Å². The van der Waals surface area contributed by atoms with E-state index in [2.05, 4.69) is 40.3 Å². The van der Waals surface area contributed by atoms with Gasteiger partial charge in [-0.25, -0.2) is 0 Å². The van der Waals surface area contributed by atoms with Gasteiger partial charge >= 0.3 is 0 Å². The van der Waals surface area contributed by atoms with Crippen molar-refractivity contribution in [3.05, 3.63) is 24.8 Å². The summed E-state index contributed by atoms with van der Waals surface area (Å²) in [6.45, 7) is 12.0. The topological polar surface area (TPSA) is 23.5 Å². The monoisotopic (exact) mass is 209 g/mol. The number of hydrogen-bond acceptors (Lipinski definition) is 2. The molecule has 0 spiro atoms. The lowest BCUT2D eigenvalue weighted by Gasteiger charge is -2.52. The fraction of sp³-hybridized carbons (Fsp3) is 0.692. The van der Waals surface area contributed by atoms with Crippen LogP contribution in [0.3, 0.4) is 0 Å². The van der Waals surface area contributed by atoms with Crippen molar-refractivity contribution in [2.45, 2.75) is 51.6 Å². The highest BCUT2D eigenvalue weighted by Gasteiger charge is 2.45. The number of allylic oxidation sites excluding steroid dienone is 2. The molecular weight excluding hydrogens is 186 g/mol. The lowest BCUT2D eigenvalue weighted by Crippen LogP contribution is -2.60. The molecule has 1 aliphatic rings. The number of piperidine rings is 1. The Morgan fingerprint density at radius 3 is 2.47 bits per heavy atom. The summed E-state index contributed by atoms with van der Waals surface area (Å²) in [4.78, 5) is 0. The summed E-state index contributed by atoms with van der Waals surface area (Å²) >= 11 is 0. The van der Waals surface area contributed by atoms with Crippen molar-refractivity contribution in [3.8, 4) is 0 Å². The van der Waals surface area contributed by atoms with E-state index >= 15 is 0 Å². The molecule has 1 heterocycles. The predicted molar refractivity (Wildman–Crippen MR) is 63.8 cm³/mol. The molecule has 1 fully saturated rings. The lowest BCUT2D eigenvalue weighted by atomic mass is 9.74. The fourth-order valence-electron chi connectivity index (χ4n) is 2.45. The van der Waals surface area contributed by atoms with Gasteiger partial charge in [-0.3, -0.25) is 0 Å². The number of hydrogen-bond donors (Lipinski definition) is 1. The lowest BCUT2D eigenvalue weighted by molar-refractivity contribution is -0.253. The van der Waals surface area contributed by atoms with E-state index in [0.717, 1.165) is 12.8 Å². The number of nitrogens with zero attached hydrogens (tertiary/aromatic N) is 1. The molecule has 1 aliphatic heterocycles. The van der Waals surface area contributed by atoms with Crippen molar-refractivity contribution in [1.29, 1.82) is 0 Å². The molecule has 0 saturated carbocycles. The zero-order valence-corrected chi connectivity index (χ0v) is 10.3. The molecule has 0 bridgehead atoms. The molecule has 0 aromatic rings. The van der Waals surface area contributed by atoms with Gasteiger partial charge in [-0.15, -0.1) is 0 Å². The average Bonchev–Trinajstić information content (AvgIpc) is 2.14. The van der Waals surface area contributed by atoms with Crippen LogP contribution in [0.1, 0.15) is 40.5 Å². The minimum Gasteiger partial charge on any atom is -0.313 e. The molecule has 1 unspecified atom stereocenters. The SMILES string of the molecule is C=CC=CC1CCC(C)(C)N(O)C1(C)C. The Labute approximate surface area is 93.2 Å². The van der Waals surface area contributed by atoms with Crippen molar-refractivity contribution in [2.75, 3.05) is 0 Å². The second-order valence-corrected chi connectivity index (χ2v) is 5.54. The molecule has 1 rings (SSSR count). The third-order valence-corrected chi connectivity index (χ3v) is 3.57. The molecule has 0 amide bonds. The molecule has 15 heavy (non-hydrogen) atoms. The first-order valence-electron chi connectivity index (χ1n) is 5.61. The van der Waals surface area contributed by atoms with E-state index in [-0.39, 0.29) is 11.1 Å². The summed E-state index contributed by atoms with van der Waals surface area (Å²) in [5.74, 6) is 0.383. The second-order valence-electron chi connectivity index (χ2n) is 5.54. The van der Waals surface area contributed by atoms with Gasteiger partial charge in [0.25, 0.3) is 0 Å². The minimum atomic E-state index is -0.207. The summed E-state index contributed by atoms with van der Waals surface area (Å²) in [7, 11) is 0. The van der Waals surface area contributed by atoms with Crippen LogP contribution >= 0.6 is 0 Å². The molecule has 86 valence electrons. The maximum atomic E-state index is 10.2. The molecule has 1 atom stereocenters. The van der Waals surface area contributed by atoms with Crippen LogP contribution in [0.5, 0.6) is 0 Å². The van der Waals surface area contributed by atoms with Crippen LogP contribution in [-0.2, 0) is 0 Å². The Hall–Kier alpha value is -0.600. The Kier molecular flexibility index (Phi) is 3.41. The summed E-state index contributed by atoms with van der Waals surface area (Å²) in [5.41, 5.74) is -0.330. The molecule has 1 saturated heterocycles. The maximum Gasteiger partial charge on any atom is 0.0472 e. The van der Waals surface area contributed by atoms with E-state index in [0.29, 0.717) is 5.92 Å². The van der Waals surface area contributed by atoms with Crippen molar-refractivity contribution in [2.24, 2.45) is 5.92 Å². The van der Waals surface area contributed by atoms with Gasteiger partial charge in [0.15, 0.2) is 0 Å².